The minimum Gasteiger partial charge on any atom is -0.383 e. The highest BCUT2D eigenvalue weighted by Crippen LogP contribution is 2.13. The molecule has 0 spiro atoms. The summed E-state index contributed by atoms with van der Waals surface area (Å²) >= 11 is 0. The third-order valence-electron chi connectivity index (χ3n) is 3.99. The fourth-order valence-corrected chi connectivity index (χ4v) is 3.57. The number of hydrogen-bond donors (Lipinski definition) is 3. The van der Waals surface area contributed by atoms with Gasteiger partial charge in [-0.1, -0.05) is 30.3 Å². The van der Waals surface area contributed by atoms with Gasteiger partial charge in [0.15, 0.2) is 0 Å². The second-order valence-electron chi connectivity index (χ2n) is 5.96. The van der Waals surface area contributed by atoms with Crippen molar-refractivity contribution >= 4 is 15.9 Å². The van der Waals surface area contributed by atoms with E-state index in [1.807, 2.05) is 30.3 Å². The fourth-order valence-electron chi connectivity index (χ4n) is 2.56. The highest BCUT2D eigenvalue weighted by atomic mass is 32.2. The topological polar surface area (TPSA) is 118 Å². The summed E-state index contributed by atoms with van der Waals surface area (Å²) in [5.74, 6) is -0.283. The maximum Gasteiger partial charge on any atom is 0.270 e. The van der Waals surface area contributed by atoms with E-state index >= 15 is 0 Å². The van der Waals surface area contributed by atoms with Crippen molar-refractivity contribution in [1.82, 2.24) is 14.6 Å². The van der Waals surface area contributed by atoms with E-state index in [2.05, 4.69) is 9.71 Å². The number of carbonyl (C=O) groups excluding carboxylic acids is 1. The largest absolute Gasteiger partial charge is 0.383 e. The average molecular weight is 394 g/mol. The molecule has 2 rings (SSSR count). The van der Waals surface area contributed by atoms with Crippen molar-refractivity contribution in [2.75, 3.05) is 39.9 Å². The number of sulfonamides is 1. The van der Waals surface area contributed by atoms with E-state index in [4.69, 9.17) is 10.5 Å². The van der Waals surface area contributed by atoms with Crippen LogP contribution < -0.4 is 10.5 Å². The Bertz CT molecular complexity index is 821. The average Bonchev–Trinajstić information content (AvgIpc) is 3.17. The van der Waals surface area contributed by atoms with Crippen LogP contribution in [0, 0.1) is 0 Å². The Morgan fingerprint density at radius 3 is 2.67 bits per heavy atom. The molecule has 0 aliphatic rings. The van der Waals surface area contributed by atoms with Crippen molar-refractivity contribution in [2.24, 2.45) is 5.73 Å². The number of H-pyrrole nitrogens is 1. The molecule has 1 aromatic heterocycles. The van der Waals surface area contributed by atoms with Crippen LogP contribution in [0.15, 0.2) is 47.5 Å². The number of methoxy groups -OCH3 is 1. The number of amides is 1. The number of nitrogens with zero attached hydrogens (tertiary/aromatic N) is 1. The summed E-state index contributed by atoms with van der Waals surface area (Å²) in [4.78, 5) is 17.1. The predicted molar refractivity (Wildman–Crippen MR) is 103 cm³/mol. The molecular formula is C18H26N4O4S. The zero-order valence-electron chi connectivity index (χ0n) is 15.3. The molecule has 148 valence electrons. The standard InChI is InChI=1S/C18H26N4O4S/c1-26-12-9-21-27(24,25)16-13-17(20-14-16)18(23)22(11-8-19)10-7-15-5-3-2-4-6-15/h2-6,13-14,20-21H,7-12,19H2,1H3. The summed E-state index contributed by atoms with van der Waals surface area (Å²) in [6, 6.07) is 11.2. The summed E-state index contributed by atoms with van der Waals surface area (Å²) in [7, 11) is -2.21. The normalized spacial score (nSPS) is 11.5. The van der Waals surface area contributed by atoms with Gasteiger partial charge in [0.25, 0.3) is 5.91 Å². The van der Waals surface area contributed by atoms with Gasteiger partial charge in [-0.15, -0.1) is 0 Å². The lowest BCUT2D eigenvalue weighted by Crippen LogP contribution is -2.37. The number of nitrogens with two attached hydrogens (primary N) is 1. The molecule has 0 unspecified atom stereocenters. The molecule has 0 radical (unpaired) electrons. The Morgan fingerprint density at radius 1 is 1.26 bits per heavy atom. The van der Waals surface area contributed by atoms with Crippen molar-refractivity contribution in [3.8, 4) is 0 Å². The van der Waals surface area contributed by atoms with Gasteiger partial charge in [-0.25, -0.2) is 13.1 Å². The molecule has 9 heteroatoms. The molecule has 0 aliphatic heterocycles. The molecule has 1 aromatic carbocycles. The van der Waals surface area contributed by atoms with Gasteiger partial charge in [0.05, 0.1) is 6.61 Å². The van der Waals surface area contributed by atoms with Crippen molar-refractivity contribution < 1.29 is 17.9 Å². The van der Waals surface area contributed by atoms with Gasteiger partial charge >= 0.3 is 0 Å². The Labute approximate surface area is 159 Å². The SMILES string of the molecule is COCCNS(=O)(=O)c1c[nH]c(C(=O)N(CCN)CCc2ccccc2)c1. The van der Waals surface area contributed by atoms with Crippen molar-refractivity contribution in [3.05, 3.63) is 53.9 Å². The molecule has 27 heavy (non-hydrogen) atoms. The number of hydrogen-bond acceptors (Lipinski definition) is 5. The first-order chi connectivity index (χ1) is 13.0. The van der Waals surface area contributed by atoms with Crippen LogP contribution in [0.1, 0.15) is 16.1 Å². The molecule has 0 bridgehead atoms. The van der Waals surface area contributed by atoms with E-state index < -0.39 is 10.0 Å². The molecular weight excluding hydrogens is 368 g/mol. The van der Waals surface area contributed by atoms with E-state index in [-0.39, 0.29) is 29.6 Å². The Morgan fingerprint density at radius 2 is 2.00 bits per heavy atom. The second kappa shape index (κ2) is 10.2. The summed E-state index contributed by atoms with van der Waals surface area (Å²) in [6.07, 6.45) is 2.00. The number of carbonyl (C=O) groups is 1. The molecule has 0 aliphatic carbocycles. The summed E-state index contributed by atoms with van der Waals surface area (Å²) in [5.41, 5.74) is 6.96. The highest BCUT2D eigenvalue weighted by Gasteiger charge is 2.21. The van der Waals surface area contributed by atoms with Crippen molar-refractivity contribution in [1.29, 1.82) is 0 Å². The van der Waals surface area contributed by atoms with E-state index in [0.717, 1.165) is 5.56 Å². The summed E-state index contributed by atoms with van der Waals surface area (Å²) in [5, 5.41) is 0. The van der Waals surface area contributed by atoms with Gasteiger partial charge in [-0.05, 0) is 18.1 Å². The molecule has 0 atom stereocenters. The maximum atomic E-state index is 12.8. The van der Waals surface area contributed by atoms with Gasteiger partial charge in [0, 0.05) is 39.5 Å². The van der Waals surface area contributed by atoms with Crippen LogP contribution in [-0.4, -0.2) is 64.1 Å². The minimum atomic E-state index is -3.70. The lowest BCUT2D eigenvalue weighted by molar-refractivity contribution is 0.0757. The van der Waals surface area contributed by atoms with Gasteiger partial charge in [-0.2, -0.15) is 0 Å². The Kier molecular flexibility index (Phi) is 7.99. The molecule has 0 saturated carbocycles. The van der Waals surface area contributed by atoms with Crippen LogP contribution in [0.2, 0.25) is 0 Å². The number of ether oxygens (including phenoxy) is 1. The van der Waals surface area contributed by atoms with Crippen molar-refractivity contribution in [3.63, 3.8) is 0 Å². The lowest BCUT2D eigenvalue weighted by atomic mass is 10.1. The molecule has 2 aromatic rings. The van der Waals surface area contributed by atoms with Crippen LogP contribution in [0.25, 0.3) is 0 Å². The molecule has 1 heterocycles. The maximum absolute atomic E-state index is 12.8. The monoisotopic (exact) mass is 394 g/mol. The number of aromatic amines is 1. The number of aromatic nitrogens is 1. The number of benzene rings is 1. The Hall–Kier alpha value is -2.20. The van der Waals surface area contributed by atoms with Crippen LogP contribution >= 0.6 is 0 Å². The van der Waals surface area contributed by atoms with Gasteiger partial charge < -0.3 is 20.4 Å². The number of nitrogens with one attached hydrogen (secondary N) is 2. The first-order valence-corrected chi connectivity index (χ1v) is 10.2. The quantitative estimate of drug-likeness (QED) is 0.482. The van der Waals surface area contributed by atoms with Crippen LogP contribution in [-0.2, 0) is 21.2 Å². The minimum absolute atomic E-state index is 0.0118. The summed E-state index contributed by atoms with van der Waals surface area (Å²) < 4.78 is 31.7. The van der Waals surface area contributed by atoms with Gasteiger partial charge in [0.1, 0.15) is 10.6 Å². The third-order valence-corrected chi connectivity index (χ3v) is 5.44. The molecule has 8 nitrogen and oxygen atoms in total. The molecule has 4 N–H and O–H groups in total. The van der Waals surface area contributed by atoms with Crippen LogP contribution in [0.3, 0.4) is 0 Å². The molecule has 0 saturated heterocycles. The Balaban J connectivity index is 2.06. The lowest BCUT2D eigenvalue weighted by Gasteiger charge is -2.21. The van der Waals surface area contributed by atoms with E-state index in [1.54, 1.807) is 4.90 Å². The van der Waals surface area contributed by atoms with Crippen molar-refractivity contribution in [2.45, 2.75) is 11.3 Å². The first kappa shape index (κ1) is 21.1. The van der Waals surface area contributed by atoms with Gasteiger partial charge in [0.2, 0.25) is 10.0 Å². The van der Waals surface area contributed by atoms with E-state index in [9.17, 15) is 13.2 Å². The predicted octanol–water partition coefficient (Wildman–Crippen LogP) is 0.583. The highest BCUT2D eigenvalue weighted by molar-refractivity contribution is 7.89. The zero-order valence-corrected chi connectivity index (χ0v) is 16.2. The third kappa shape index (κ3) is 6.17. The van der Waals surface area contributed by atoms with E-state index in [1.165, 1.54) is 19.4 Å². The zero-order chi connectivity index (χ0) is 19.7. The molecule has 0 fully saturated rings. The fraction of sp³-hybridized carbons (Fsp3) is 0.389. The number of rotatable bonds is 11. The van der Waals surface area contributed by atoms with Crippen LogP contribution in [0.5, 0.6) is 0 Å². The molecule has 1 amide bonds. The second-order valence-corrected chi connectivity index (χ2v) is 7.72. The first-order valence-electron chi connectivity index (χ1n) is 8.68. The van der Waals surface area contributed by atoms with Gasteiger partial charge in [-0.3, -0.25) is 4.79 Å². The summed E-state index contributed by atoms with van der Waals surface area (Å²) in [6.45, 7) is 1.62. The smallest absolute Gasteiger partial charge is 0.270 e. The van der Waals surface area contributed by atoms with E-state index in [0.29, 0.717) is 26.1 Å². The van der Waals surface area contributed by atoms with Crippen LogP contribution in [0.4, 0.5) is 0 Å².